The van der Waals surface area contributed by atoms with E-state index in [0.29, 0.717) is 30.6 Å². The molecule has 1 aromatic carbocycles. The average molecular weight is 642 g/mol. The first kappa shape index (κ1) is 31.3. The molecule has 0 saturated carbocycles. The van der Waals surface area contributed by atoms with Crippen molar-refractivity contribution in [2.75, 3.05) is 53.0 Å². The molecular formula is C28H31ClF3N5O5S. The minimum Gasteiger partial charge on any atom is -0.496 e. The number of nitrogens with one attached hydrogen (secondary N) is 1. The third-order valence-corrected chi connectivity index (χ3v) is 8.60. The van der Waals surface area contributed by atoms with Crippen LogP contribution in [0.5, 0.6) is 11.6 Å². The van der Waals surface area contributed by atoms with Crippen molar-refractivity contribution in [2.45, 2.75) is 31.8 Å². The third kappa shape index (κ3) is 6.83. The summed E-state index contributed by atoms with van der Waals surface area (Å²) in [5.41, 5.74) is 0.336. The van der Waals surface area contributed by atoms with Crippen molar-refractivity contribution in [3.63, 3.8) is 0 Å². The molecule has 10 nitrogen and oxygen atoms in total. The van der Waals surface area contributed by atoms with Gasteiger partial charge in [0.2, 0.25) is 11.8 Å². The Labute approximate surface area is 255 Å². The molecule has 0 radical (unpaired) electrons. The lowest BCUT2D eigenvalue weighted by Crippen LogP contribution is -2.62. The van der Waals surface area contributed by atoms with Gasteiger partial charge in [0.15, 0.2) is 0 Å². The second-order valence-electron chi connectivity index (χ2n) is 10.1. The lowest BCUT2D eigenvalue weighted by atomic mass is 9.97. The summed E-state index contributed by atoms with van der Waals surface area (Å²) in [6.45, 7) is 3.12. The van der Waals surface area contributed by atoms with Crippen molar-refractivity contribution < 1.29 is 37.0 Å². The van der Waals surface area contributed by atoms with Gasteiger partial charge >= 0.3 is 6.18 Å². The highest BCUT2D eigenvalue weighted by atomic mass is 35.5. The van der Waals surface area contributed by atoms with Gasteiger partial charge in [0.1, 0.15) is 18.4 Å². The number of carbonyl (C=O) groups is 2. The maximum absolute atomic E-state index is 14.8. The number of amides is 1. The number of nitrogens with zero attached hydrogens (tertiary/aromatic N) is 4. The van der Waals surface area contributed by atoms with E-state index < -0.39 is 30.1 Å². The molecule has 4 heterocycles. The maximum Gasteiger partial charge on any atom is 0.410 e. The number of rotatable bonds is 8. The van der Waals surface area contributed by atoms with Crippen LogP contribution in [-0.2, 0) is 16.1 Å². The number of hydrogen-bond donors (Lipinski definition) is 1. The monoisotopic (exact) mass is 641 g/mol. The molecule has 0 aliphatic carbocycles. The van der Waals surface area contributed by atoms with Gasteiger partial charge in [-0.2, -0.15) is 23.0 Å². The summed E-state index contributed by atoms with van der Waals surface area (Å²) in [6, 6.07) is 6.24. The van der Waals surface area contributed by atoms with E-state index in [2.05, 4.69) is 10.4 Å². The molecule has 2 unspecified atom stereocenters. The van der Waals surface area contributed by atoms with Crippen molar-refractivity contribution in [1.29, 1.82) is 0 Å². The number of para-hydroxylation sites is 1. The van der Waals surface area contributed by atoms with Crippen LogP contribution in [0.25, 0.3) is 0 Å². The molecule has 1 N–H and O–H groups in total. The Hall–Kier alpha value is -3.17. The number of benzene rings is 1. The Balaban J connectivity index is 1.53. The Morgan fingerprint density at radius 2 is 1.91 bits per heavy atom. The van der Waals surface area contributed by atoms with Crippen LogP contribution in [0, 0.1) is 6.92 Å². The van der Waals surface area contributed by atoms with Gasteiger partial charge in [0.25, 0.3) is 5.91 Å². The topological polar surface area (TPSA) is 98.2 Å². The van der Waals surface area contributed by atoms with Crippen LogP contribution < -0.4 is 14.8 Å². The van der Waals surface area contributed by atoms with Crippen LogP contribution in [0.3, 0.4) is 0 Å². The zero-order chi connectivity index (χ0) is 30.7. The fraction of sp³-hybridized carbons (Fsp3) is 0.464. The minimum absolute atomic E-state index is 0.00746. The molecule has 3 aromatic rings. The van der Waals surface area contributed by atoms with Gasteiger partial charge in [0.05, 0.1) is 48.5 Å². The molecule has 232 valence electrons. The second-order valence-corrected chi connectivity index (χ2v) is 11.9. The van der Waals surface area contributed by atoms with E-state index in [1.165, 1.54) is 24.5 Å². The summed E-state index contributed by atoms with van der Waals surface area (Å²) in [5.74, 6) is -1.04. The Kier molecular flexibility index (Phi) is 9.61. The van der Waals surface area contributed by atoms with Gasteiger partial charge in [-0.3, -0.25) is 14.5 Å². The Bertz CT molecular complexity index is 1460. The first-order chi connectivity index (χ1) is 20.6. The quantitative estimate of drug-likeness (QED) is 0.396. The first-order valence-electron chi connectivity index (χ1n) is 13.6. The summed E-state index contributed by atoms with van der Waals surface area (Å²) in [4.78, 5) is 30.4. The number of carbonyl (C=O) groups excluding carboxylic acids is 2. The van der Waals surface area contributed by atoms with Crippen LogP contribution in [0.15, 0.2) is 36.4 Å². The van der Waals surface area contributed by atoms with Crippen LogP contribution in [-0.4, -0.2) is 96.7 Å². The van der Waals surface area contributed by atoms with E-state index in [1.807, 2.05) is 0 Å². The number of ether oxygens (including phenoxy) is 3. The molecular weight excluding hydrogens is 611 g/mol. The van der Waals surface area contributed by atoms with E-state index >= 15 is 0 Å². The third-order valence-electron chi connectivity index (χ3n) is 7.40. The Morgan fingerprint density at radius 3 is 2.58 bits per heavy atom. The Morgan fingerprint density at radius 1 is 1.16 bits per heavy atom. The average Bonchev–Trinajstić information content (AvgIpc) is 3.57. The highest BCUT2D eigenvalue weighted by Crippen LogP contribution is 2.39. The SMILES string of the molecule is COc1ccccc1C(=O)n1nc(C2NCCN(C(=O)CN3CCOCC3)C2C(F)(F)F)c(C)c1OCc1ccc(Cl)s1. The van der Waals surface area contributed by atoms with Gasteiger partial charge in [-0.05, 0) is 31.2 Å². The second kappa shape index (κ2) is 13.2. The molecule has 2 aliphatic heterocycles. The number of aromatic nitrogens is 2. The van der Waals surface area contributed by atoms with Crippen molar-refractivity contribution in [1.82, 2.24) is 24.9 Å². The van der Waals surface area contributed by atoms with Crippen molar-refractivity contribution in [3.8, 4) is 11.6 Å². The molecule has 0 spiro atoms. The van der Waals surface area contributed by atoms with Crippen LogP contribution >= 0.6 is 22.9 Å². The molecule has 2 fully saturated rings. The molecule has 1 amide bonds. The molecule has 2 aliphatic rings. The largest absolute Gasteiger partial charge is 0.496 e. The van der Waals surface area contributed by atoms with Gasteiger partial charge < -0.3 is 24.4 Å². The summed E-state index contributed by atoms with van der Waals surface area (Å²) >= 11 is 7.33. The van der Waals surface area contributed by atoms with Crippen molar-refractivity contribution >= 4 is 34.8 Å². The minimum atomic E-state index is -4.80. The zero-order valence-corrected chi connectivity index (χ0v) is 25.1. The van der Waals surface area contributed by atoms with Crippen LogP contribution in [0.4, 0.5) is 13.2 Å². The van der Waals surface area contributed by atoms with E-state index in [-0.39, 0.29) is 54.7 Å². The fourth-order valence-corrected chi connectivity index (χ4v) is 6.31. The van der Waals surface area contributed by atoms with Gasteiger partial charge in [-0.25, -0.2) is 0 Å². The van der Waals surface area contributed by atoms with E-state index in [1.54, 1.807) is 42.2 Å². The van der Waals surface area contributed by atoms with Crippen molar-refractivity contribution in [2.24, 2.45) is 0 Å². The number of thiophene rings is 1. The zero-order valence-electron chi connectivity index (χ0n) is 23.5. The lowest BCUT2D eigenvalue weighted by Gasteiger charge is -2.43. The molecule has 0 bridgehead atoms. The van der Waals surface area contributed by atoms with Gasteiger partial charge in [0, 0.05) is 36.6 Å². The number of piperazine rings is 1. The number of hydrogen-bond acceptors (Lipinski definition) is 9. The standard InChI is InChI=1S/C28H31ClF3N5O5S/c1-17-23(24-25(28(30,31)32)36(10-9-33-24)22(38)15-35-11-13-41-14-12-35)34-37(26(39)19-5-3-4-6-20(19)40-2)27(17)42-16-18-7-8-21(29)43-18/h3-8,24-25,33H,9-16H2,1-2H3. The number of halogens is 4. The van der Waals surface area contributed by atoms with Crippen LogP contribution in [0.1, 0.15) is 32.5 Å². The van der Waals surface area contributed by atoms with Gasteiger partial charge in [-0.1, -0.05) is 23.7 Å². The summed E-state index contributed by atoms with van der Waals surface area (Å²) in [6.07, 6.45) is -4.80. The molecule has 5 rings (SSSR count). The highest BCUT2D eigenvalue weighted by Gasteiger charge is 2.53. The predicted octanol–water partition coefficient (Wildman–Crippen LogP) is 3.92. The highest BCUT2D eigenvalue weighted by molar-refractivity contribution is 7.16. The smallest absolute Gasteiger partial charge is 0.410 e. The normalized spacial score (nSPS) is 19.8. The van der Waals surface area contributed by atoms with Crippen LogP contribution in [0.2, 0.25) is 4.34 Å². The maximum atomic E-state index is 14.8. The lowest BCUT2D eigenvalue weighted by molar-refractivity contribution is -0.203. The fourth-order valence-electron chi connectivity index (χ4n) is 5.31. The van der Waals surface area contributed by atoms with E-state index in [4.69, 9.17) is 25.8 Å². The molecule has 2 atom stereocenters. The molecule has 2 aromatic heterocycles. The van der Waals surface area contributed by atoms with Crippen molar-refractivity contribution in [3.05, 3.63) is 62.4 Å². The molecule has 43 heavy (non-hydrogen) atoms. The summed E-state index contributed by atoms with van der Waals surface area (Å²) in [7, 11) is 1.41. The summed E-state index contributed by atoms with van der Waals surface area (Å²) in [5, 5.41) is 7.32. The van der Waals surface area contributed by atoms with E-state index in [9.17, 15) is 22.8 Å². The molecule has 2 saturated heterocycles. The van der Waals surface area contributed by atoms with Gasteiger partial charge in [-0.15, -0.1) is 11.3 Å². The number of morpholine rings is 1. The molecule has 15 heteroatoms. The predicted molar refractivity (Wildman–Crippen MR) is 153 cm³/mol. The van der Waals surface area contributed by atoms with E-state index in [0.717, 1.165) is 14.5 Å². The number of alkyl halides is 3. The summed E-state index contributed by atoms with van der Waals surface area (Å²) < 4.78 is 62.5. The first-order valence-corrected chi connectivity index (χ1v) is 14.8. The number of methoxy groups -OCH3 is 1.